The molecule has 1 unspecified atom stereocenters. The van der Waals surface area contributed by atoms with E-state index in [4.69, 9.17) is 14.9 Å². The van der Waals surface area contributed by atoms with E-state index < -0.39 is 0 Å². The molecule has 0 aliphatic heterocycles. The Morgan fingerprint density at radius 2 is 2.28 bits per heavy atom. The quantitative estimate of drug-likeness (QED) is 0.881. The molecule has 0 aromatic carbocycles. The maximum Gasteiger partial charge on any atom is 0.137 e. The Kier molecular flexibility index (Phi) is 3.99. The lowest BCUT2D eigenvalue weighted by atomic mass is 10.0. The highest BCUT2D eigenvalue weighted by Crippen LogP contribution is 2.25. The smallest absolute Gasteiger partial charge is 0.137 e. The Bertz CT molecular complexity index is 508. The summed E-state index contributed by atoms with van der Waals surface area (Å²) in [6.45, 7) is 4.66. The van der Waals surface area contributed by atoms with Crippen LogP contribution in [0.5, 0.6) is 5.75 Å². The molecule has 0 aliphatic carbocycles. The Morgan fingerprint density at radius 3 is 2.94 bits per heavy atom. The molecule has 0 saturated heterocycles. The van der Waals surface area contributed by atoms with Crippen molar-refractivity contribution in [3.63, 3.8) is 0 Å². The van der Waals surface area contributed by atoms with Gasteiger partial charge in [0, 0.05) is 11.8 Å². The standard InChI is InChI=1S/C14H18N2O2/c1-3-5-18-12-7-11(8-16-9-12)14(15)13-4-6-17-10(13)2/h4,6-9,14H,3,5,15H2,1-2H3. The Hall–Kier alpha value is -1.81. The molecular weight excluding hydrogens is 228 g/mol. The minimum absolute atomic E-state index is 0.235. The van der Waals surface area contributed by atoms with Gasteiger partial charge in [-0.3, -0.25) is 4.98 Å². The van der Waals surface area contributed by atoms with Gasteiger partial charge >= 0.3 is 0 Å². The molecule has 4 nitrogen and oxygen atoms in total. The van der Waals surface area contributed by atoms with E-state index in [1.807, 2.05) is 19.1 Å². The molecule has 0 fully saturated rings. The number of nitrogens with zero attached hydrogens (tertiary/aromatic N) is 1. The third-order valence-corrected chi connectivity index (χ3v) is 2.80. The average molecular weight is 246 g/mol. The molecule has 2 aromatic heterocycles. The maximum absolute atomic E-state index is 6.20. The van der Waals surface area contributed by atoms with Gasteiger partial charge in [-0.1, -0.05) is 6.92 Å². The van der Waals surface area contributed by atoms with E-state index in [1.165, 1.54) is 0 Å². The SMILES string of the molecule is CCCOc1cncc(C(N)c2ccoc2C)c1. The van der Waals surface area contributed by atoms with Crippen LogP contribution in [0.3, 0.4) is 0 Å². The molecule has 2 N–H and O–H groups in total. The molecule has 2 rings (SSSR count). The van der Waals surface area contributed by atoms with Gasteiger partial charge in [0.15, 0.2) is 0 Å². The third kappa shape index (κ3) is 2.71. The van der Waals surface area contributed by atoms with Crippen LogP contribution in [-0.4, -0.2) is 11.6 Å². The zero-order valence-electron chi connectivity index (χ0n) is 10.7. The molecule has 0 amide bonds. The summed E-state index contributed by atoms with van der Waals surface area (Å²) in [5.41, 5.74) is 8.10. The van der Waals surface area contributed by atoms with Crippen LogP contribution in [0, 0.1) is 6.92 Å². The van der Waals surface area contributed by atoms with E-state index >= 15 is 0 Å². The van der Waals surface area contributed by atoms with Crippen molar-refractivity contribution in [3.8, 4) is 5.75 Å². The first-order chi connectivity index (χ1) is 8.72. The Morgan fingerprint density at radius 1 is 1.44 bits per heavy atom. The molecule has 4 heteroatoms. The summed E-state index contributed by atoms with van der Waals surface area (Å²) in [6.07, 6.45) is 6.08. The van der Waals surface area contributed by atoms with Crippen LogP contribution < -0.4 is 10.5 Å². The highest BCUT2D eigenvalue weighted by molar-refractivity contribution is 5.34. The van der Waals surface area contributed by atoms with Crippen LogP contribution in [0.25, 0.3) is 0 Å². The van der Waals surface area contributed by atoms with Crippen LogP contribution in [0.2, 0.25) is 0 Å². The fourth-order valence-electron chi connectivity index (χ4n) is 1.80. The molecule has 1 atom stereocenters. The van der Waals surface area contributed by atoms with Crippen molar-refractivity contribution in [2.75, 3.05) is 6.61 Å². The fourth-order valence-corrected chi connectivity index (χ4v) is 1.80. The first-order valence-electron chi connectivity index (χ1n) is 6.09. The summed E-state index contributed by atoms with van der Waals surface area (Å²) in [7, 11) is 0. The minimum atomic E-state index is -0.235. The van der Waals surface area contributed by atoms with Crippen molar-refractivity contribution in [2.45, 2.75) is 26.3 Å². The summed E-state index contributed by atoms with van der Waals surface area (Å²) in [5.74, 6) is 1.59. The highest BCUT2D eigenvalue weighted by atomic mass is 16.5. The first kappa shape index (κ1) is 12.6. The summed E-state index contributed by atoms with van der Waals surface area (Å²) >= 11 is 0. The molecular formula is C14H18N2O2. The summed E-state index contributed by atoms with van der Waals surface area (Å²) in [6, 6.07) is 3.58. The van der Waals surface area contributed by atoms with Crippen molar-refractivity contribution in [2.24, 2.45) is 5.73 Å². The first-order valence-corrected chi connectivity index (χ1v) is 6.09. The molecule has 18 heavy (non-hydrogen) atoms. The second kappa shape index (κ2) is 5.69. The van der Waals surface area contributed by atoms with Gasteiger partial charge in [0.05, 0.1) is 25.1 Å². The molecule has 0 radical (unpaired) electrons. The second-order valence-corrected chi connectivity index (χ2v) is 4.21. The van der Waals surface area contributed by atoms with Crippen LogP contribution in [0.4, 0.5) is 0 Å². The minimum Gasteiger partial charge on any atom is -0.492 e. The molecule has 2 heterocycles. The Labute approximate surface area is 107 Å². The summed E-state index contributed by atoms with van der Waals surface area (Å²) in [4.78, 5) is 4.16. The maximum atomic E-state index is 6.20. The monoisotopic (exact) mass is 246 g/mol. The van der Waals surface area contributed by atoms with Crippen LogP contribution in [0.15, 0.2) is 35.2 Å². The van der Waals surface area contributed by atoms with Gasteiger partial charge in [-0.05, 0) is 31.0 Å². The number of furan rings is 1. The number of pyridine rings is 1. The lowest BCUT2D eigenvalue weighted by Crippen LogP contribution is -2.12. The number of aryl methyl sites for hydroxylation is 1. The predicted molar refractivity (Wildman–Crippen MR) is 69.5 cm³/mol. The predicted octanol–water partition coefficient (Wildman–Crippen LogP) is 2.82. The molecule has 0 aliphatic rings. The van der Waals surface area contributed by atoms with Crippen molar-refractivity contribution >= 4 is 0 Å². The van der Waals surface area contributed by atoms with Gasteiger partial charge in [0.2, 0.25) is 0 Å². The van der Waals surface area contributed by atoms with Gasteiger partial charge in [0.25, 0.3) is 0 Å². The van der Waals surface area contributed by atoms with Crippen LogP contribution >= 0.6 is 0 Å². The largest absolute Gasteiger partial charge is 0.492 e. The lowest BCUT2D eigenvalue weighted by Gasteiger charge is -2.12. The Balaban J connectivity index is 2.20. The van der Waals surface area contributed by atoms with Gasteiger partial charge < -0.3 is 14.9 Å². The molecule has 0 spiro atoms. The van der Waals surface area contributed by atoms with Gasteiger partial charge in [-0.25, -0.2) is 0 Å². The zero-order valence-corrected chi connectivity index (χ0v) is 10.7. The van der Waals surface area contributed by atoms with E-state index in [0.29, 0.717) is 6.61 Å². The van der Waals surface area contributed by atoms with Gasteiger partial charge in [0.1, 0.15) is 11.5 Å². The fraction of sp³-hybridized carbons (Fsp3) is 0.357. The van der Waals surface area contributed by atoms with Crippen LogP contribution in [-0.2, 0) is 0 Å². The second-order valence-electron chi connectivity index (χ2n) is 4.21. The number of hydrogen-bond donors (Lipinski definition) is 1. The number of aromatic nitrogens is 1. The molecule has 2 aromatic rings. The van der Waals surface area contributed by atoms with E-state index in [2.05, 4.69) is 11.9 Å². The van der Waals surface area contributed by atoms with Gasteiger partial charge in [-0.2, -0.15) is 0 Å². The average Bonchev–Trinajstić information content (AvgIpc) is 2.82. The number of rotatable bonds is 5. The molecule has 0 saturated carbocycles. The van der Waals surface area contributed by atoms with Crippen molar-refractivity contribution in [1.82, 2.24) is 4.98 Å². The topological polar surface area (TPSA) is 61.3 Å². The molecule has 96 valence electrons. The van der Waals surface area contributed by atoms with Crippen LogP contribution in [0.1, 0.15) is 36.3 Å². The number of ether oxygens (including phenoxy) is 1. The summed E-state index contributed by atoms with van der Waals surface area (Å²) in [5, 5.41) is 0. The zero-order chi connectivity index (χ0) is 13.0. The van der Waals surface area contributed by atoms with E-state index in [-0.39, 0.29) is 6.04 Å². The normalized spacial score (nSPS) is 12.4. The van der Waals surface area contributed by atoms with Crippen molar-refractivity contribution in [1.29, 1.82) is 0 Å². The molecule has 0 bridgehead atoms. The van der Waals surface area contributed by atoms with E-state index in [0.717, 1.165) is 29.1 Å². The van der Waals surface area contributed by atoms with E-state index in [9.17, 15) is 0 Å². The number of nitrogens with two attached hydrogens (primary N) is 1. The highest BCUT2D eigenvalue weighted by Gasteiger charge is 2.14. The summed E-state index contributed by atoms with van der Waals surface area (Å²) < 4.78 is 10.8. The third-order valence-electron chi connectivity index (χ3n) is 2.80. The van der Waals surface area contributed by atoms with E-state index in [1.54, 1.807) is 18.7 Å². The number of hydrogen-bond acceptors (Lipinski definition) is 4. The van der Waals surface area contributed by atoms with Crippen molar-refractivity contribution in [3.05, 3.63) is 47.7 Å². The lowest BCUT2D eigenvalue weighted by molar-refractivity contribution is 0.315. The van der Waals surface area contributed by atoms with Gasteiger partial charge in [-0.15, -0.1) is 0 Å². The van der Waals surface area contributed by atoms with Crippen molar-refractivity contribution < 1.29 is 9.15 Å².